The Bertz CT molecular complexity index is 1190. The number of methoxy groups -OCH3 is 1. The molecule has 0 fully saturated rings. The van der Waals surface area contributed by atoms with Gasteiger partial charge in [0, 0.05) is 11.6 Å². The summed E-state index contributed by atoms with van der Waals surface area (Å²) in [5.41, 5.74) is 1.18. The van der Waals surface area contributed by atoms with E-state index in [-0.39, 0.29) is 18.7 Å². The van der Waals surface area contributed by atoms with Crippen LogP contribution < -0.4 is 14.4 Å². The van der Waals surface area contributed by atoms with Crippen molar-refractivity contribution in [3.63, 3.8) is 0 Å². The van der Waals surface area contributed by atoms with Crippen molar-refractivity contribution in [3.05, 3.63) is 71.2 Å². The predicted octanol–water partition coefficient (Wildman–Crippen LogP) is 4.36. The minimum absolute atomic E-state index is 0.227. The second-order valence-electron chi connectivity index (χ2n) is 7.16. The van der Waals surface area contributed by atoms with Crippen molar-refractivity contribution in [3.8, 4) is 5.75 Å². The van der Waals surface area contributed by atoms with Crippen LogP contribution in [0.1, 0.15) is 18.9 Å². The number of hydrogen-bond acceptors (Lipinski definition) is 4. The van der Waals surface area contributed by atoms with E-state index >= 15 is 0 Å². The van der Waals surface area contributed by atoms with E-state index in [1.165, 1.54) is 13.2 Å². The van der Waals surface area contributed by atoms with Gasteiger partial charge >= 0.3 is 0 Å². The number of carbonyl (C=O) groups is 1. The molecule has 164 valence electrons. The highest BCUT2D eigenvalue weighted by atomic mass is 35.5. The molecule has 3 aromatic rings. The quantitative estimate of drug-likeness (QED) is 0.541. The maximum atomic E-state index is 13.1. The number of sulfonamides is 1. The molecule has 0 aliphatic heterocycles. The Labute approximate surface area is 187 Å². The molecule has 1 unspecified atom stereocenters. The van der Waals surface area contributed by atoms with Crippen molar-refractivity contribution in [2.75, 3.05) is 17.7 Å². The number of anilines is 1. The van der Waals surface area contributed by atoms with Crippen LogP contribution in [-0.4, -0.2) is 33.7 Å². The topological polar surface area (TPSA) is 75.7 Å². The fraction of sp³-hybridized carbons (Fsp3) is 0.261. The summed E-state index contributed by atoms with van der Waals surface area (Å²) in [7, 11) is -2.37. The van der Waals surface area contributed by atoms with E-state index in [1.807, 2.05) is 42.5 Å². The van der Waals surface area contributed by atoms with Crippen molar-refractivity contribution in [2.45, 2.75) is 25.9 Å². The van der Waals surface area contributed by atoms with Gasteiger partial charge in [0.1, 0.15) is 11.8 Å². The molecular weight excluding hydrogens is 436 g/mol. The van der Waals surface area contributed by atoms with Gasteiger partial charge < -0.3 is 10.1 Å². The molecule has 31 heavy (non-hydrogen) atoms. The molecule has 0 heterocycles. The molecule has 0 saturated carbocycles. The lowest BCUT2D eigenvalue weighted by Crippen LogP contribution is -2.49. The number of halogens is 1. The molecule has 0 spiro atoms. The molecule has 0 bridgehead atoms. The van der Waals surface area contributed by atoms with Gasteiger partial charge in [-0.2, -0.15) is 0 Å². The first-order valence-electron chi connectivity index (χ1n) is 9.83. The van der Waals surface area contributed by atoms with Gasteiger partial charge in [-0.3, -0.25) is 9.10 Å². The van der Waals surface area contributed by atoms with Crippen LogP contribution >= 0.6 is 11.6 Å². The molecule has 0 radical (unpaired) electrons. The first-order chi connectivity index (χ1) is 14.8. The molecule has 3 rings (SSSR count). The Morgan fingerprint density at radius 2 is 1.84 bits per heavy atom. The molecular formula is C23H25ClN2O4S. The third-order valence-electron chi connectivity index (χ3n) is 5.04. The zero-order valence-electron chi connectivity index (χ0n) is 17.6. The van der Waals surface area contributed by atoms with Gasteiger partial charge in [-0.05, 0) is 41.0 Å². The number of nitrogens with zero attached hydrogens (tertiary/aromatic N) is 1. The molecule has 1 N–H and O–H groups in total. The number of carbonyl (C=O) groups excluding carboxylic acids is 1. The molecule has 8 heteroatoms. The van der Waals surface area contributed by atoms with E-state index in [2.05, 4.69) is 5.32 Å². The predicted molar refractivity (Wildman–Crippen MR) is 125 cm³/mol. The van der Waals surface area contributed by atoms with Crippen LogP contribution in [0.3, 0.4) is 0 Å². The largest absolute Gasteiger partial charge is 0.495 e. The van der Waals surface area contributed by atoms with Gasteiger partial charge in [0.2, 0.25) is 15.9 Å². The Morgan fingerprint density at radius 3 is 2.52 bits per heavy atom. The summed E-state index contributed by atoms with van der Waals surface area (Å²) in [6.07, 6.45) is 1.33. The van der Waals surface area contributed by atoms with Crippen molar-refractivity contribution in [1.29, 1.82) is 0 Å². The third-order valence-corrected chi connectivity index (χ3v) is 6.44. The smallest absolute Gasteiger partial charge is 0.244 e. The maximum Gasteiger partial charge on any atom is 0.244 e. The molecule has 0 saturated heterocycles. The monoisotopic (exact) mass is 460 g/mol. The first-order valence-corrected chi connectivity index (χ1v) is 12.1. The molecule has 0 aromatic heterocycles. The fourth-order valence-electron chi connectivity index (χ4n) is 3.62. The van der Waals surface area contributed by atoms with Crippen molar-refractivity contribution in [1.82, 2.24) is 5.32 Å². The van der Waals surface area contributed by atoms with Gasteiger partial charge in [0.25, 0.3) is 0 Å². The van der Waals surface area contributed by atoms with Crippen LogP contribution in [0, 0.1) is 0 Å². The number of nitrogens with one attached hydrogen (secondary N) is 1. The summed E-state index contributed by atoms with van der Waals surface area (Å²) in [5, 5.41) is 5.35. The van der Waals surface area contributed by atoms with Crippen molar-refractivity contribution < 1.29 is 17.9 Å². The standard InChI is InChI=1S/C23H25ClN2O4S/c1-4-20(26(31(3,28)29)21-14-18(24)12-13-22(21)30-2)23(27)25-15-17-10-7-9-16-8-5-6-11-19(16)17/h5-14,20H,4,15H2,1-3H3,(H,25,27). The highest BCUT2D eigenvalue weighted by Gasteiger charge is 2.33. The van der Waals surface area contributed by atoms with E-state index in [0.717, 1.165) is 26.9 Å². The van der Waals surface area contributed by atoms with E-state index < -0.39 is 22.0 Å². The SMILES string of the molecule is CCC(C(=O)NCc1cccc2ccccc12)N(c1cc(Cl)ccc1OC)S(C)(=O)=O. The molecule has 0 aliphatic carbocycles. The number of fused-ring (bicyclic) bond motifs is 1. The summed E-state index contributed by atoms with van der Waals surface area (Å²) in [6, 6.07) is 17.5. The van der Waals surface area contributed by atoms with Gasteiger partial charge in [-0.1, -0.05) is 61.0 Å². The van der Waals surface area contributed by atoms with E-state index in [0.29, 0.717) is 10.8 Å². The Kier molecular flexibility index (Phi) is 7.08. The lowest BCUT2D eigenvalue weighted by molar-refractivity contribution is -0.122. The number of benzene rings is 3. The van der Waals surface area contributed by atoms with Crippen LogP contribution in [0.25, 0.3) is 10.8 Å². The van der Waals surface area contributed by atoms with E-state index in [1.54, 1.807) is 19.1 Å². The summed E-state index contributed by atoms with van der Waals surface area (Å²) < 4.78 is 31.8. The van der Waals surface area contributed by atoms with E-state index in [4.69, 9.17) is 16.3 Å². The van der Waals surface area contributed by atoms with Crippen molar-refractivity contribution >= 4 is 44.0 Å². The van der Waals surface area contributed by atoms with Crippen LogP contribution in [0.2, 0.25) is 5.02 Å². The zero-order valence-corrected chi connectivity index (χ0v) is 19.2. The summed E-state index contributed by atoms with van der Waals surface area (Å²) in [4.78, 5) is 13.1. The zero-order chi connectivity index (χ0) is 22.6. The average Bonchev–Trinajstić information content (AvgIpc) is 2.74. The molecule has 0 aliphatic rings. The number of hydrogen-bond donors (Lipinski definition) is 1. The second kappa shape index (κ2) is 9.58. The molecule has 6 nitrogen and oxygen atoms in total. The highest BCUT2D eigenvalue weighted by Crippen LogP contribution is 2.35. The second-order valence-corrected chi connectivity index (χ2v) is 9.45. The van der Waals surface area contributed by atoms with Crippen molar-refractivity contribution in [2.24, 2.45) is 0 Å². The summed E-state index contributed by atoms with van der Waals surface area (Å²) in [6.45, 7) is 2.04. The minimum Gasteiger partial charge on any atom is -0.495 e. The fourth-order valence-corrected chi connectivity index (χ4v) is 4.99. The summed E-state index contributed by atoms with van der Waals surface area (Å²) in [5.74, 6) is -0.0852. The number of rotatable bonds is 8. The van der Waals surface area contributed by atoms with Crippen LogP contribution in [0.15, 0.2) is 60.7 Å². The number of ether oxygens (including phenoxy) is 1. The third kappa shape index (κ3) is 5.11. The maximum absolute atomic E-state index is 13.1. The van der Waals surface area contributed by atoms with Crippen LogP contribution in [-0.2, 0) is 21.4 Å². The molecule has 1 atom stereocenters. The summed E-state index contributed by atoms with van der Waals surface area (Å²) >= 11 is 6.11. The first kappa shape index (κ1) is 22.9. The van der Waals surface area contributed by atoms with Crippen LogP contribution in [0.5, 0.6) is 5.75 Å². The Morgan fingerprint density at radius 1 is 1.13 bits per heavy atom. The van der Waals surface area contributed by atoms with Gasteiger partial charge in [0.15, 0.2) is 0 Å². The van der Waals surface area contributed by atoms with Gasteiger partial charge in [0.05, 0.1) is 19.1 Å². The Balaban J connectivity index is 1.92. The number of amides is 1. The lowest BCUT2D eigenvalue weighted by atomic mass is 10.0. The molecule has 3 aromatic carbocycles. The van der Waals surface area contributed by atoms with E-state index in [9.17, 15) is 13.2 Å². The van der Waals surface area contributed by atoms with Crippen LogP contribution in [0.4, 0.5) is 5.69 Å². The van der Waals surface area contributed by atoms with Gasteiger partial charge in [-0.25, -0.2) is 8.42 Å². The normalized spacial score (nSPS) is 12.4. The Hall–Kier alpha value is -2.77. The molecule has 1 amide bonds. The average molecular weight is 461 g/mol. The minimum atomic E-state index is -3.81. The lowest BCUT2D eigenvalue weighted by Gasteiger charge is -2.31. The highest BCUT2D eigenvalue weighted by molar-refractivity contribution is 7.92. The van der Waals surface area contributed by atoms with Gasteiger partial charge in [-0.15, -0.1) is 0 Å².